The first kappa shape index (κ1) is 11.7. The Balaban J connectivity index is 2.52. The summed E-state index contributed by atoms with van der Waals surface area (Å²) >= 11 is 0. The molecule has 0 atom stereocenters. The van der Waals surface area contributed by atoms with Gasteiger partial charge in [0.15, 0.2) is 0 Å². The molecule has 17 heavy (non-hydrogen) atoms. The maximum atomic E-state index is 3.14. The number of benzene rings is 2. The monoisotopic (exact) mass is 225 g/mol. The van der Waals surface area contributed by atoms with Crippen molar-refractivity contribution in [3.05, 3.63) is 53.1 Å². The largest absolute Gasteiger partial charge is 0.388 e. The second-order valence-corrected chi connectivity index (χ2v) is 4.60. The van der Waals surface area contributed by atoms with Crippen molar-refractivity contribution in [2.45, 2.75) is 20.8 Å². The Morgan fingerprint density at radius 1 is 0.824 bits per heavy atom. The van der Waals surface area contributed by atoms with Crippen LogP contribution in [0.1, 0.15) is 16.7 Å². The average molecular weight is 225 g/mol. The van der Waals surface area contributed by atoms with E-state index in [1.165, 1.54) is 27.8 Å². The minimum absolute atomic E-state index is 1.15. The number of nitrogens with one attached hydrogen (secondary N) is 1. The maximum Gasteiger partial charge on any atom is 0.0337 e. The van der Waals surface area contributed by atoms with E-state index in [0.29, 0.717) is 0 Å². The number of anilines is 1. The van der Waals surface area contributed by atoms with Gasteiger partial charge in [-0.05, 0) is 55.2 Å². The molecular formula is C16H19N. The molecule has 2 rings (SSSR count). The third-order valence-corrected chi connectivity index (χ3v) is 3.14. The second kappa shape index (κ2) is 4.62. The van der Waals surface area contributed by atoms with Crippen molar-refractivity contribution in [2.24, 2.45) is 0 Å². The van der Waals surface area contributed by atoms with Crippen LogP contribution in [-0.2, 0) is 0 Å². The summed E-state index contributed by atoms with van der Waals surface area (Å²) < 4.78 is 0. The molecule has 2 aromatic carbocycles. The lowest BCUT2D eigenvalue weighted by Gasteiger charge is -2.12. The molecule has 0 fully saturated rings. The van der Waals surface area contributed by atoms with Crippen molar-refractivity contribution < 1.29 is 0 Å². The van der Waals surface area contributed by atoms with Crippen molar-refractivity contribution in [2.75, 3.05) is 12.4 Å². The second-order valence-electron chi connectivity index (χ2n) is 4.60. The maximum absolute atomic E-state index is 3.14. The Kier molecular flexibility index (Phi) is 3.19. The van der Waals surface area contributed by atoms with E-state index < -0.39 is 0 Å². The zero-order chi connectivity index (χ0) is 12.4. The topological polar surface area (TPSA) is 12.0 Å². The van der Waals surface area contributed by atoms with Gasteiger partial charge in [0.1, 0.15) is 0 Å². The van der Waals surface area contributed by atoms with E-state index in [1.807, 2.05) is 7.05 Å². The van der Waals surface area contributed by atoms with Gasteiger partial charge in [-0.15, -0.1) is 0 Å². The fourth-order valence-electron chi connectivity index (χ4n) is 2.44. The molecule has 0 amide bonds. The molecule has 0 radical (unpaired) electrons. The SMILES string of the molecule is CNc1ccc(-c2c(C)cc(C)cc2C)cc1. The Bertz CT molecular complexity index is 501. The van der Waals surface area contributed by atoms with Crippen LogP contribution in [0.4, 0.5) is 5.69 Å². The molecule has 0 saturated heterocycles. The lowest BCUT2D eigenvalue weighted by Crippen LogP contribution is -1.91. The number of hydrogen-bond donors (Lipinski definition) is 1. The summed E-state index contributed by atoms with van der Waals surface area (Å²) in [7, 11) is 1.94. The van der Waals surface area contributed by atoms with Gasteiger partial charge < -0.3 is 5.32 Å². The fourth-order valence-corrected chi connectivity index (χ4v) is 2.44. The predicted molar refractivity (Wildman–Crippen MR) is 75.6 cm³/mol. The van der Waals surface area contributed by atoms with Crippen molar-refractivity contribution >= 4 is 5.69 Å². The van der Waals surface area contributed by atoms with Crippen molar-refractivity contribution in [1.82, 2.24) is 0 Å². The molecule has 0 spiro atoms. The molecule has 0 saturated carbocycles. The van der Waals surface area contributed by atoms with E-state index in [1.54, 1.807) is 0 Å². The molecule has 2 aromatic rings. The third-order valence-electron chi connectivity index (χ3n) is 3.14. The van der Waals surface area contributed by atoms with Gasteiger partial charge in [-0.3, -0.25) is 0 Å². The molecule has 0 aliphatic carbocycles. The van der Waals surface area contributed by atoms with E-state index in [-0.39, 0.29) is 0 Å². The van der Waals surface area contributed by atoms with Crippen LogP contribution < -0.4 is 5.32 Å². The molecule has 88 valence electrons. The van der Waals surface area contributed by atoms with Gasteiger partial charge in [-0.2, -0.15) is 0 Å². The lowest BCUT2D eigenvalue weighted by atomic mass is 9.94. The Hall–Kier alpha value is -1.76. The van der Waals surface area contributed by atoms with Crippen LogP contribution >= 0.6 is 0 Å². The molecule has 1 heteroatoms. The standard InChI is InChI=1S/C16H19N/c1-11-9-12(2)16(13(3)10-11)14-5-7-15(17-4)8-6-14/h5-10,17H,1-4H3. The quantitative estimate of drug-likeness (QED) is 0.802. The van der Waals surface area contributed by atoms with Crippen molar-refractivity contribution in [3.8, 4) is 11.1 Å². The minimum atomic E-state index is 1.15. The summed E-state index contributed by atoms with van der Waals surface area (Å²) in [6.45, 7) is 6.51. The molecular weight excluding hydrogens is 206 g/mol. The number of rotatable bonds is 2. The number of hydrogen-bond acceptors (Lipinski definition) is 1. The summed E-state index contributed by atoms with van der Waals surface area (Å²) in [6.07, 6.45) is 0. The van der Waals surface area contributed by atoms with Gasteiger partial charge in [0.2, 0.25) is 0 Å². The normalized spacial score (nSPS) is 10.4. The third kappa shape index (κ3) is 2.33. The summed E-state index contributed by atoms with van der Waals surface area (Å²) in [5, 5.41) is 3.14. The van der Waals surface area contributed by atoms with E-state index in [0.717, 1.165) is 5.69 Å². The first-order valence-corrected chi connectivity index (χ1v) is 5.98. The smallest absolute Gasteiger partial charge is 0.0337 e. The van der Waals surface area contributed by atoms with Crippen LogP contribution in [-0.4, -0.2) is 7.05 Å². The molecule has 1 nitrogen and oxygen atoms in total. The predicted octanol–water partition coefficient (Wildman–Crippen LogP) is 4.32. The molecule has 0 heterocycles. The van der Waals surface area contributed by atoms with E-state index in [4.69, 9.17) is 0 Å². The summed E-state index contributed by atoms with van der Waals surface area (Å²) in [5.74, 6) is 0. The van der Waals surface area contributed by atoms with Crippen LogP contribution in [0.15, 0.2) is 36.4 Å². The lowest BCUT2D eigenvalue weighted by molar-refractivity contribution is 1.32. The first-order chi connectivity index (χ1) is 8.11. The highest BCUT2D eigenvalue weighted by Gasteiger charge is 2.06. The fraction of sp³-hybridized carbons (Fsp3) is 0.250. The molecule has 0 aliphatic rings. The van der Waals surface area contributed by atoms with Crippen LogP contribution in [0.25, 0.3) is 11.1 Å². The van der Waals surface area contributed by atoms with Crippen molar-refractivity contribution in [1.29, 1.82) is 0 Å². The first-order valence-electron chi connectivity index (χ1n) is 5.98. The van der Waals surface area contributed by atoms with Crippen LogP contribution in [0, 0.1) is 20.8 Å². The summed E-state index contributed by atoms with van der Waals surface area (Å²) in [5.41, 5.74) is 7.82. The Labute approximate surface area is 103 Å². The zero-order valence-corrected chi connectivity index (χ0v) is 11.0. The molecule has 0 aliphatic heterocycles. The number of aryl methyl sites for hydroxylation is 3. The highest BCUT2D eigenvalue weighted by Crippen LogP contribution is 2.29. The van der Waals surface area contributed by atoms with Gasteiger partial charge in [-0.25, -0.2) is 0 Å². The van der Waals surface area contributed by atoms with E-state index in [2.05, 4.69) is 62.5 Å². The Morgan fingerprint density at radius 2 is 1.35 bits per heavy atom. The van der Waals surface area contributed by atoms with Crippen LogP contribution in [0.5, 0.6) is 0 Å². The molecule has 0 bridgehead atoms. The zero-order valence-electron chi connectivity index (χ0n) is 11.0. The van der Waals surface area contributed by atoms with Crippen LogP contribution in [0.3, 0.4) is 0 Å². The van der Waals surface area contributed by atoms with E-state index in [9.17, 15) is 0 Å². The summed E-state index contributed by atoms with van der Waals surface area (Å²) in [4.78, 5) is 0. The van der Waals surface area contributed by atoms with Gasteiger partial charge in [0.05, 0.1) is 0 Å². The Morgan fingerprint density at radius 3 is 1.82 bits per heavy atom. The van der Waals surface area contributed by atoms with Gasteiger partial charge in [0.25, 0.3) is 0 Å². The average Bonchev–Trinajstić information content (AvgIpc) is 2.28. The van der Waals surface area contributed by atoms with Crippen LogP contribution in [0.2, 0.25) is 0 Å². The highest BCUT2D eigenvalue weighted by molar-refractivity contribution is 5.72. The van der Waals surface area contributed by atoms with E-state index >= 15 is 0 Å². The molecule has 0 unspecified atom stereocenters. The summed E-state index contributed by atoms with van der Waals surface area (Å²) in [6, 6.07) is 13.1. The minimum Gasteiger partial charge on any atom is -0.388 e. The van der Waals surface area contributed by atoms with Gasteiger partial charge >= 0.3 is 0 Å². The highest BCUT2D eigenvalue weighted by atomic mass is 14.8. The molecule has 0 aromatic heterocycles. The van der Waals surface area contributed by atoms with Gasteiger partial charge in [0, 0.05) is 12.7 Å². The van der Waals surface area contributed by atoms with Crippen molar-refractivity contribution in [3.63, 3.8) is 0 Å². The molecule has 1 N–H and O–H groups in total. The van der Waals surface area contributed by atoms with Gasteiger partial charge in [-0.1, -0.05) is 29.8 Å².